The average Bonchev–Trinajstić information content (AvgIpc) is 2.84. The molecule has 124 valence electrons. The van der Waals surface area contributed by atoms with Gasteiger partial charge in [0, 0.05) is 26.2 Å². The SMILES string of the molecule is CCS(=O)(=O)N1CC[C@@](O)(CN(C)Cc2ccc(F)cc2)C1. The van der Waals surface area contributed by atoms with Gasteiger partial charge in [0.2, 0.25) is 10.0 Å². The fourth-order valence-corrected chi connectivity index (χ4v) is 4.00. The van der Waals surface area contributed by atoms with E-state index < -0.39 is 15.6 Å². The molecule has 0 aliphatic carbocycles. The van der Waals surface area contributed by atoms with Crippen LogP contribution in [0.2, 0.25) is 0 Å². The third-order valence-corrected chi connectivity index (χ3v) is 5.81. The summed E-state index contributed by atoms with van der Waals surface area (Å²) >= 11 is 0. The number of benzene rings is 1. The van der Waals surface area contributed by atoms with E-state index in [9.17, 15) is 17.9 Å². The molecule has 0 spiro atoms. The van der Waals surface area contributed by atoms with Crippen molar-refractivity contribution >= 4 is 10.0 Å². The van der Waals surface area contributed by atoms with Crippen molar-refractivity contribution in [2.45, 2.75) is 25.5 Å². The van der Waals surface area contributed by atoms with Crippen LogP contribution in [0.1, 0.15) is 18.9 Å². The molecular weight excluding hydrogens is 307 g/mol. The van der Waals surface area contributed by atoms with Gasteiger partial charge in [-0.1, -0.05) is 12.1 Å². The third kappa shape index (κ3) is 4.25. The minimum atomic E-state index is -3.26. The molecule has 1 aromatic carbocycles. The summed E-state index contributed by atoms with van der Waals surface area (Å²) in [5.74, 6) is -0.227. The first kappa shape index (κ1) is 17.3. The first-order valence-electron chi connectivity index (χ1n) is 7.37. The molecule has 7 heteroatoms. The zero-order chi connectivity index (χ0) is 16.4. The highest BCUT2D eigenvalue weighted by molar-refractivity contribution is 7.89. The van der Waals surface area contributed by atoms with Crippen molar-refractivity contribution < 1.29 is 17.9 Å². The molecule has 0 aromatic heterocycles. The van der Waals surface area contributed by atoms with Crippen LogP contribution in [-0.4, -0.2) is 60.8 Å². The van der Waals surface area contributed by atoms with E-state index in [1.165, 1.54) is 16.4 Å². The number of likely N-dealkylation sites (N-methyl/N-ethyl adjacent to an activating group) is 1. The number of β-amino-alcohol motifs (C(OH)–C–C–N with tert-alkyl or cyclic N) is 1. The van der Waals surface area contributed by atoms with E-state index in [0.29, 0.717) is 26.1 Å². The van der Waals surface area contributed by atoms with E-state index in [1.807, 2.05) is 11.9 Å². The standard InChI is InChI=1S/C15H23FN2O3S/c1-3-22(20,21)18-9-8-15(19,12-18)11-17(2)10-13-4-6-14(16)7-5-13/h4-7,19H,3,8-12H2,1-2H3/t15-/m1/s1. The lowest BCUT2D eigenvalue weighted by Crippen LogP contribution is -2.44. The molecule has 2 rings (SSSR count). The molecule has 0 unspecified atom stereocenters. The van der Waals surface area contributed by atoms with Gasteiger partial charge in [0.25, 0.3) is 0 Å². The van der Waals surface area contributed by atoms with Crippen molar-refractivity contribution in [3.05, 3.63) is 35.6 Å². The minimum absolute atomic E-state index is 0.0501. The second-order valence-corrected chi connectivity index (χ2v) is 8.26. The molecule has 0 radical (unpaired) electrons. The molecule has 0 amide bonds. The first-order chi connectivity index (χ1) is 10.2. The molecule has 1 heterocycles. The fraction of sp³-hybridized carbons (Fsp3) is 0.600. The monoisotopic (exact) mass is 330 g/mol. The lowest BCUT2D eigenvalue weighted by atomic mass is 10.0. The Hall–Kier alpha value is -1.02. The molecule has 1 aromatic rings. The highest BCUT2D eigenvalue weighted by atomic mass is 32.2. The number of nitrogens with zero attached hydrogens (tertiary/aromatic N) is 2. The van der Waals surface area contributed by atoms with Crippen LogP contribution in [-0.2, 0) is 16.6 Å². The summed E-state index contributed by atoms with van der Waals surface area (Å²) in [6.07, 6.45) is 0.431. The van der Waals surface area contributed by atoms with Gasteiger partial charge >= 0.3 is 0 Å². The summed E-state index contributed by atoms with van der Waals surface area (Å²) in [6.45, 7) is 3.05. The van der Waals surface area contributed by atoms with E-state index in [1.54, 1.807) is 19.1 Å². The van der Waals surface area contributed by atoms with Crippen LogP contribution in [0.5, 0.6) is 0 Å². The Morgan fingerprint density at radius 2 is 2.00 bits per heavy atom. The smallest absolute Gasteiger partial charge is 0.213 e. The number of hydrogen-bond acceptors (Lipinski definition) is 4. The maximum Gasteiger partial charge on any atom is 0.213 e. The summed E-state index contributed by atoms with van der Waals surface area (Å²) in [5, 5.41) is 10.6. The normalized spacial score (nSPS) is 23.3. The number of halogens is 1. The van der Waals surface area contributed by atoms with Gasteiger partial charge in [0.05, 0.1) is 11.4 Å². The van der Waals surface area contributed by atoms with Gasteiger partial charge in [-0.05, 0) is 38.1 Å². The van der Waals surface area contributed by atoms with Gasteiger partial charge in [-0.25, -0.2) is 12.8 Å². The van der Waals surface area contributed by atoms with Crippen LogP contribution in [0, 0.1) is 5.82 Å². The van der Waals surface area contributed by atoms with E-state index in [2.05, 4.69) is 0 Å². The van der Waals surface area contributed by atoms with Crippen molar-refractivity contribution in [3.63, 3.8) is 0 Å². The highest BCUT2D eigenvalue weighted by Crippen LogP contribution is 2.25. The average molecular weight is 330 g/mol. The minimum Gasteiger partial charge on any atom is -0.387 e. The Kier molecular flexibility index (Phi) is 5.21. The second-order valence-electron chi connectivity index (χ2n) is 6.01. The van der Waals surface area contributed by atoms with Crippen LogP contribution in [0.4, 0.5) is 4.39 Å². The predicted molar refractivity (Wildman–Crippen MR) is 83.3 cm³/mol. The Morgan fingerprint density at radius 1 is 1.36 bits per heavy atom. The van der Waals surface area contributed by atoms with E-state index in [0.717, 1.165) is 5.56 Å². The molecular formula is C15H23FN2O3S. The summed E-state index contributed by atoms with van der Waals surface area (Å²) < 4.78 is 38.0. The molecule has 1 aliphatic heterocycles. The molecule has 22 heavy (non-hydrogen) atoms. The van der Waals surface area contributed by atoms with Crippen molar-refractivity contribution in [2.75, 3.05) is 32.4 Å². The van der Waals surface area contributed by atoms with Gasteiger partial charge in [0.15, 0.2) is 0 Å². The third-order valence-electron chi connectivity index (χ3n) is 3.99. The summed E-state index contributed by atoms with van der Waals surface area (Å²) in [4.78, 5) is 1.93. The van der Waals surface area contributed by atoms with Gasteiger partial charge in [-0.3, -0.25) is 4.90 Å². The van der Waals surface area contributed by atoms with Crippen molar-refractivity contribution in [2.24, 2.45) is 0 Å². The van der Waals surface area contributed by atoms with E-state index in [-0.39, 0.29) is 18.1 Å². The van der Waals surface area contributed by atoms with Crippen LogP contribution < -0.4 is 0 Å². The molecule has 1 saturated heterocycles. The van der Waals surface area contributed by atoms with Gasteiger partial charge in [-0.15, -0.1) is 0 Å². The molecule has 5 nitrogen and oxygen atoms in total. The molecule has 1 fully saturated rings. The number of hydrogen-bond donors (Lipinski definition) is 1. The van der Waals surface area contributed by atoms with Gasteiger partial charge in [0.1, 0.15) is 5.82 Å². The number of rotatable bonds is 6. The lowest BCUT2D eigenvalue weighted by molar-refractivity contribution is 0.0219. The maximum absolute atomic E-state index is 12.9. The Balaban J connectivity index is 1.94. The van der Waals surface area contributed by atoms with Crippen LogP contribution in [0.3, 0.4) is 0 Å². The van der Waals surface area contributed by atoms with Crippen molar-refractivity contribution in [1.29, 1.82) is 0 Å². The fourth-order valence-electron chi connectivity index (χ4n) is 2.83. The largest absolute Gasteiger partial charge is 0.387 e. The lowest BCUT2D eigenvalue weighted by Gasteiger charge is -2.29. The quantitative estimate of drug-likeness (QED) is 0.847. The second kappa shape index (κ2) is 6.62. The number of sulfonamides is 1. The van der Waals surface area contributed by atoms with Gasteiger partial charge < -0.3 is 5.11 Å². The Labute approximate surface area is 131 Å². The maximum atomic E-state index is 12.9. The summed E-state index contributed by atoms with van der Waals surface area (Å²) in [5.41, 5.74) is -0.0830. The first-order valence-corrected chi connectivity index (χ1v) is 8.98. The van der Waals surface area contributed by atoms with E-state index in [4.69, 9.17) is 0 Å². The molecule has 0 saturated carbocycles. The van der Waals surface area contributed by atoms with Crippen molar-refractivity contribution in [1.82, 2.24) is 9.21 Å². The highest BCUT2D eigenvalue weighted by Gasteiger charge is 2.41. The number of aliphatic hydroxyl groups is 1. The van der Waals surface area contributed by atoms with Crippen LogP contribution in [0.25, 0.3) is 0 Å². The Bertz CT molecular complexity index is 606. The molecule has 1 N–H and O–H groups in total. The molecule has 0 bridgehead atoms. The van der Waals surface area contributed by atoms with Crippen LogP contribution >= 0.6 is 0 Å². The summed E-state index contributed by atoms with van der Waals surface area (Å²) in [7, 11) is -1.40. The predicted octanol–water partition coefficient (Wildman–Crippen LogP) is 1.04. The van der Waals surface area contributed by atoms with Crippen LogP contribution in [0.15, 0.2) is 24.3 Å². The molecule has 1 atom stereocenters. The molecule has 1 aliphatic rings. The van der Waals surface area contributed by atoms with Crippen molar-refractivity contribution in [3.8, 4) is 0 Å². The zero-order valence-electron chi connectivity index (χ0n) is 13.0. The Morgan fingerprint density at radius 3 is 2.59 bits per heavy atom. The van der Waals surface area contributed by atoms with E-state index >= 15 is 0 Å². The van der Waals surface area contributed by atoms with Gasteiger partial charge in [-0.2, -0.15) is 4.31 Å². The topological polar surface area (TPSA) is 60.9 Å². The zero-order valence-corrected chi connectivity index (χ0v) is 13.8. The summed E-state index contributed by atoms with van der Waals surface area (Å²) in [6, 6.07) is 6.22.